The third-order valence-corrected chi connectivity index (χ3v) is 2.87. The van der Waals surface area contributed by atoms with Crippen LogP contribution >= 0.6 is 0 Å². The van der Waals surface area contributed by atoms with E-state index in [4.69, 9.17) is 0 Å². The molecule has 0 aliphatic heterocycles. The summed E-state index contributed by atoms with van der Waals surface area (Å²) in [5, 5.41) is 1.06. The molecular weight excluding hydrogens is 210 g/mol. The number of fused-ring (bicyclic) bond motifs is 1. The van der Waals surface area contributed by atoms with Crippen molar-refractivity contribution in [3.63, 3.8) is 0 Å². The molecule has 0 saturated heterocycles. The molecule has 0 fully saturated rings. The number of H-pyrrole nitrogens is 1. The second-order valence-corrected chi connectivity index (χ2v) is 3.94. The lowest BCUT2D eigenvalue weighted by Gasteiger charge is -2.02. The molecule has 0 unspecified atom stereocenters. The Balaban J connectivity index is 2.16. The van der Waals surface area contributed by atoms with Crippen LogP contribution in [0.15, 0.2) is 60.8 Å². The van der Waals surface area contributed by atoms with Crippen molar-refractivity contribution in [3.05, 3.63) is 71.9 Å². The Morgan fingerprint density at radius 1 is 0.882 bits per heavy atom. The number of nitrogens with one attached hydrogen (secondary N) is 1. The molecule has 82 valence electrons. The number of aromatic amines is 1. The molecule has 0 amide bonds. The van der Waals surface area contributed by atoms with Crippen LogP contribution in [0, 0.1) is 0 Å². The summed E-state index contributed by atoms with van der Waals surface area (Å²) in [6, 6.07) is 17.1. The van der Waals surface area contributed by atoms with E-state index in [2.05, 4.69) is 4.98 Å². The number of ketones is 1. The number of aromatic nitrogens is 1. The molecule has 2 aromatic carbocycles. The van der Waals surface area contributed by atoms with Gasteiger partial charge in [-0.3, -0.25) is 4.79 Å². The highest BCUT2D eigenvalue weighted by molar-refractivity contribution is 6.15. The zero-order chi connectivity index (χ0) is 11.7. The van der Waals surface area contributed by atoms with Gasteiger partial charge in [0.2, 0.25) is 0 Å². The summed E-state index contributed by atoms with van der Waals surface area (Å²) in [4.78, 5) is 15.5. The molecule has 2 nitrogen and oxygen atoms in total. The highest BCUT2D eigenvalue weighted by Crippen LogP contribution is 2.19. The van der Waals surface area contributed by atoms with E-state index in [-0.39, 0.29) is 5.78 Å². The largest absolute Gasteiger partial charge is 0.361 e. The summed E-state index contributed by atoms with van der Waals surface area (Å²) < 4.78 is 0. The summed E-state index contributed by atoms with van der Waals surface area (Å²) in [7, 11) is 0. The van der Waals surface area contributed by atoms with Crippen LogP contribution in [0.3, 0.4) is 0 Å². The van der Waals surface area contributed by atoms with Gasteiger partial charge in [-0.25, -0.2) is 0 Å². The third kappa shape index (κ3) is 1.64. The molecule has 17 heavy (non-hydrogen) atoms. The van der Waals surface area contributed by atoms with E-state index in [1.807, 2.05) is 60.8 Å². The van der Waals surface area contributed by atoms with Gasteiger partial charge in [0.25, 0.3) is 0 Å². The molecule has 3 aromatic rings. The van der Waals surface area contributed by atoms with Gasteiger partial charge in [0.1, 0.15) is 0 Å². The monoisotopic (exact) mass is 221 g/mol. The second-order valence-electron chi connectivity index (χ2n) is 3.94. The number of rotatable bonds is 2. The predicted molar refractivity (Wildman–Crippen MR) is 68.2 cm³/mol. The first-order chi connectivity index (χ1) is 8.36. The molecule has 0 saturated carbocycles. The molecule has 1 aromatic heterocycles. The van der Waals surface area contributed by atoms with Crippen LogP contribution in [-0.4, -0.2) is 10.8 Å². The Bertz CT molecular complexity index is 667. The van der Waals surface area contributed by atoms with Gasteiger partial charge in [-0.2, -0.15) is 0 Å². The Hall–Kier alpha value is -2.35. The normalized spacial score (nSPS) is 10.6. The fourth-order valence-electron chi connectivity index (χ4n) is 2.02. The van der Waals surface area contributed by atoms with E-state index in [1.54, 1.807) is 0 Å². The van der Waals surface area contributed by atoms with E-state index in [0.29, 0.717) is 0 Å². The van der Waals surface area contributed by atoms with Gasteiger partial charge >= 0.3 is 0 Å². The topological polar surface area (TPSA) is 32.9 Å². The van der Waals surface area contributed by atoms with Crippen LogP contribution in [0.1, 0.15) is 15.9 Å². The lowest BCUT2D eigenvalue weighted by atomic mass is 10.0. The van der Waals surface area contributed by atoms with Crippen LogP contribution in [0.5, 0.6) is 0 Å². The van der Waals surface area contributed by atoms with E-state index in [1.165, 1.54) is 0 Å². The zero-order valence-corrected chi connectivity index (χ0v) is 9.18. The zero-order valence-electron chi connectivity index (χ0n) is 9.18. The predicted octanol–water partition coefficient (Wildman–Crippen LogP) is 3.40. The van der Waals surface area contributed by atoms with Crippen molar-refractivity contribution < 1.29 is 4.79 Å². The smallest absolute Gasteiger partial charge is 0.195 e. The molecule has 0 aliphatic rings. The molecule has 0 bridgehead atoms. The molecule has 1 heterocycles. The van der Waals surface area contributed by atoms with Gasteiger partial charge in [-0.15, -0.1) is 0 Å². The molecule has 2 heteroatoms. The maximum absolute atomic E-state index is 12.3. The fraction of sp³-hybridized carbons (Fsp3) is 0. The number of carbonyl (C=O) groups is 1. The minimum Gasteiger partial charge on any atom is -0.361 e. The Morgan fingerprint density at radius 2 is 1.71 bits per heavy atom. The standard InChI is InChI=1S/C15H11NO/c17-15(12-5-2-1-3-6-12)13-8-4-7-11-9-10-16-14(11)13/h1-10,16H. The molecular formula is C15H11NO. The first-order valence-electron chi connectivity index (χ1n) is 5.52. The van der Waals surface area contributed by atoms with Crippen LogP contribution in [-0.2, 0) is 0 Å². The van der Waals surface area contributed by atoms with Crippen molar-refractivity contribution in [2.75, 3.05) is 0 Å². The van der Waals surface area contributed by atoms with Gasteiger partial charge in [0.15, 0.2) is 5.78 Å². The average Bonchev–Trinajstić information content (AvgIpc) is 2.87. The summed E-state index contributed by atoms with van der Waals surface area (Å²) >= 11 is 0. The first kappa shape index (κ1) is 9.85. The lowest BCUT2D eigenvalue weighted by Crippen LogP contribution is -2.01. The Labute approximate surface area is 98.9 Å². The van der Waals surface area contributed by atoms with Crippen LogP contribution in [0.4, 0.5) is 0 Å². The first-order valence-corrected chi connectivity index (χ1v) is 5.52. The molecule has 0 aliphatic carbocycles. The summed E-state index contributed by atoms with van der Waals surface area (Å²) in [5.41, 5.74) is 2.34. The Morgan fingerprint density at radius 3 is 2.53 bits per heavy atom. The van der Waals surface area contributed by atoms with Gasteiger partial charge < -0.3 is 4.98 Å². The highest BCUT2D eigenvalue weighted by atomic mass is 16.1. The number of para-hydroxylation sites is 1. The SMILES string of the molecule is O=C(c1ccccc1)c1cccc2cc[nH]c12. The van der Waals surface area contributed by atoms with Crippen molar-refractivity contribution in [2.45, 2.75) is 0 Å². The van der Waals surface area contributed by atoms with Crippen molar-refractivity contribution in [1.82, 2.24) is 4.98 Å². The lowest BCUT2D eigenvalue weighted by molar-refractivity contribution is 0.104. The number of hydrogen-bond donors (Lipinski definition) is 1. The maximum Gasteiger partial charge on any atom is 0.195 e. The van der Waals surface area contributed by atoms with Crippen LogP contribution < -0.4 is 0 Å². The molecule has 1 N–H and O–H groups in total. The summed E-state index contributed by atoms with van der Waals surface area (Å²) in [6.07, 6.45) is 1.85. The van der Waals surface area contributed by atoms with E-state index in [0.717, 1.165) is 22.0 Å². The van der Waals surface area contributed by atoms with Gasteiger partial charge in [0, 0.05) is 22.7 Å². The molecule has 3 rings (SSSR count). The van der Waals surface area contributed by atoms with E-state index in [9.17, 15) is 4.79 Å². The van der Waals surface area contributed by atoms with Crippen LogP contribution in [0.2, 0.25) is 0 Å². The second kappa shape index (κ2) is 3.91. The molecule has 0 spiro atoms. The van der Waals surface area contributed by atoms with Gasteiger partial charge in [-0.1, -0.05) is 42.5 Å². The van der Waals surface area contributed by atoms with E-state index >= 15 is 0 Å². The minimum absolute atomic E-state index is 0.0543. The van der Waals surface area contributed by atoms with Crippen molar-refractivity contribution in [2.24, 2.45) is 0 Å². The third-order valence-electron chi connectivity index (χ3n) is 2.87. The van der Waals surface area contributed by atoms with Crippen molar-refractivity contribution in [1.29, 1.82) is 0 Å². The average molecular weight is 221 g/mol. The number of benzene rings is 2. The van der Waals surface area contributed by atoms with E-state index < -0.39 is 0 Å². The van der Waals surface area contributed by atoms with Crippen molar-refractivity contribution in [3.8, 4) is 0 Å². The molecule has 0 atom stereocenters. The van der Waals surface area contributed by atoms with Crippen molar-refractivity contribution >= 4 is 16.7 Å². The number of carbonyl (C=O) groups excluding carboxylic acids is 1. The molecule has 0 radical (unpaired) electrons. The van der Waals surface area contributed by atoms with Crippen LogP contribution in [0.25, 0.3) is 10.9 Å². The Kier molecular flexibility index (Phi) is 2.26. The summed E-state index contributed by atoms with van der Waals surface area (Å²) in [6.45, 7) is 0. The van der Waals surface area contributed by atoms with Gasteiger partial charge in [-0.05, 0) is 12.1 Å². The highest BCUT2D eigenvalue weighted by Gasteiger charge is 2.12. The summed E-state index contributed by atoms with van der Waals surface area (Å²) in [5.74, 6) is 0.0543. The van der Waals surface area contributed by atoms with Gasteiger partial charge in [0.05, 0.1) is 5.52 Å². The quantitative estimate of drug-likeness (QED) is 0.661. The fourth-order valence-corrected chi connectivity index (χ4v) is 2.02. The number of hydrogen-bond acceptors (Lipinski definition) is 1. The minimum atomic E-state index is 0.0543. The maximum atomic E-state index is 12.3.